The monoisotopic (exact) mass is 254 g/mol. The van der Waals surface area contributed by atoms with Crippen molar-refractivity contribution in [3.05, 3.63) is 0 Å². The minimum absolute atomic E-state index is 0.0275. The Morgan fingerprint density at radius 2 is 2.00 bits per heavy atom. The Hall–Kier alpha value is -0.120. The van der Waals surface area contributed by atoms with E-state index in [1.807, 2.05) is 0 Å². The van der Waals surface area contributed by atoms with Crippen LogP contribution in [0, 0.1) is 11.3 Å². The summed E-state index contributed by atoms with van der Waals surface area (Å²) < 4.78 is 6.24. The van der Waals surface area contributed by atoms with Crippen LogP contribution in [0.3, 0.4) is 0 Å². The largest absolute Gasteiger partial charge is 0.393 e. The SMILES string of the molecule is C[C@]12CCC[C@]3(C)O[C@]13C[C@H]([C@](C)(O)CO)CC2. The first-order chi connectivity index (χ1) is 8.29. The first-order valence-electron chi connectivity index (χ1n) is 7.32. The van der Waals surface area contributed by atoms with Crippen LogP contribution in [0.5, 0.6) is 0 Å². The van der Waals surface area contributed by atoms with Gasteiger partial charge in [-0.15, -0.1) is 0 Å². The second-order valence-electron chi connectivity index (χ2n) is 7.53. The number of ether oxygens (including phenoxy) is 1. The fraction of sp³-hybridized carbons (Fsp3) is 1.00. The van der Waals surface area contributed by atoms with Crippen LogP contribution in [0.15, 0.2) is 0 Å². The van der Waals surface area contributed by atoms with Crippen molar-refractivity contribution in [1.82, 2.24) is 0 Å². The lowest BCUT2D eigenvalue weighted by molar-refractivity contribution is -0.0926. The lowest BCUT2D eigenvalue weighted by Crippen LogP contribution is -2.53. The Labute approximate surface area is 110 Å². The van der Waals surface area contributed by atoms with E-state index >= 15 is 0 Å². The van der Waals surface area contributed by atoms with Crippen molar-refractivity contribution in [1.29, 1.82) is 0 Å². The molecule has 18 heavy (non-hydrogen) atoms. The summed E-state index contributed by atoms with van der Waals surface area (Å²) >= 11 is 0. The predicted octanol–water partition coefficient (Wildman–Crippen LogP) is 2.25. The van der Waals surface area contributed by atoms with Crippen molar-refractivity contribution in [3.63, 3.8) is 0 Å². The van der Waals surface area contributed by atoms with E-state index in [4.69, 9.17) is 4.74 Å². The summed E-state index contributed by atoms with van der Waals surface area (Å²) in [5.41, 5.74) is -0.674. The third-order valence-electron chi connectivity index (χ3n) is 6.35. The summed E-state index contributed by atoms with van der Waals surface area (Å²) in [6.07, 6.45) is 6.69. The highest BCUT2D eigenvalue weighted by Gasteiger charge is 2.77. The number of rotatable bonds is 2. The molecular formula is C15H26O3. The first kappa shape index (κ1) is 12.9. The van der Waals surface area contributed by atoms with Crippen molar-refractivity contribution in [2.24, 2.45) is 11.3 Å². The van der Waals surface area contributed by atoms with Crippen molar-refractivity contribution in [2.75, 3.05) is 6.61 Å². The third kappa shape index (κ3) is 1.41. The molecule has 1 aliphatic heterocycles. The number of aliphatic hydroxyl groups is 2. The molecule has 0 aromatic heterocycles. The van der Waals surface area contributed by atoms with Crippen molar-refractivity contribution < 1.29 is 14.9 Å². The Morgan fingerprint density at radius 1 is 1.28 bits per heavy atom. The smallest absolute Gasteiger partial charge is 0.103 e. The van der Waals surface area contributed by atoms with Gasteiger partial charge >= 0.3 is 0 Å². The lowest BCUT2D eigenvalue weighted by atomic mass is 9.53. The Morgan fingerprint density at radius 3 is 2.67 bits per heavy atom. The summed E-state index contributed by atoms with van der Waals surface area (Å²) in [5, 5.41) is 19.7. The summed E-state index contributed by atoms with van der Waals surface area (Å²) in [7, 11) is 0. The molecule has 5 atom stereocenters. The van der Waals surface area contributed by atoms with E-state index in [0.717, 1.165) is 25.7 Å². The summed E-state index contributed by atoms with van der Waals surface area (Å²) in [6.45, 7) is 6.21. The van der Waals surface area contributed by atoms with E-state index < -0.39 is 5.60 Å². The fourth-order valence-corrected chi connectivity index (χ4v) is 4.82. The average molecular weight is 254 g/mol. The van der Waals surface area contributed by atoms with Gasteiger partial charge in [-0.05, 0) is 63.7 Å². The molecule has 3 heteroatoms. The molecule has 0 radical (unpaired) electrons. The zero-order valence-corrected chi connectivity index (χ0v) is 11.8. The molecule has 3 fully saturated rings. The quantitative estimate of drug-likeness (QED) is 0.743. The topological polar surface area (TPSA) is 53.0 Å². The van der Waals surface area contributed by atoms with Gasteiger partial charge in [-0.3, -0.25) is 0 Å². The molecule has 3 nitrogen and oxygen atoms in total. The first-order valence-corrected chi connectivity index (χ1v) is 7.32. The van der Waals surface area contributed by atoms with Crippen LogP contribution in [-0.2, 0) is 4.74 Å². The molecule has 2 saturated carbocycles. The molecular weight excluding hydrogens is 228 g/mol. The molecule has 0 aromatic carbocycles. The summed E-state index contributed by atoms with van der Waals surface area (Å²) in [6, 6.07) is 0. The van der Waals surface area contributed by atoms with Crippen LogP contribution in [-0.4, -0.2) is 33.6 Å². The molecule has 1 saturated heterocycles. The minimum Gasteiger partial charge on any atom is -0.393 e. The van der Waals surface area contributed by atoms with E-state index in [1.165, 1.54) is 12.8 Å². The minimum atomic E-state index is -0.958. The number of hydrogen-bond acceptors (Lipinski definition) is 3. The van der Waals surface area contributed by atoms with E-state index in [0.29, 0.717) is 0 Å². The van der Waals surface area contributed by atoms with Gasteiger partial charge in [0.2, 0.25) is 0 Å². The van der Waals surface area contributed by atoms with E-state index in [-0.39, 0.29) is 29.1 Å². The van der Waals surface area contributed by atoms with Gasteiger partial charge in [0.05, 0.1) is 17.8 Å². The molecule has 3 aliphatic rings. The normalized spacial score (nSPS) is 54.2. The molecule has 1 heterocycles. The number of aliphatic hydroxyl groups excluding tert-OH is 1. The molecule has 0 aromatic rings. The van der Waals surface area contributed by atoms with Crippen LogP contribution in [0.2, 0.25) is 0 Å². The molecule has 1 spiro atoms. The highest BCUT2D eigenvalue weighted by Crippen LogP contribution is 2.71. The van der Waals surface area contributed by atoms with Gasteiger partial charge in [0.1, 0.15) is 5.60 Å². The number of epoxide rings is 1. The summed E-state index contributed by atoms with van der Waals surface area (Å²) in [4.78, 5) is 0. The molecule has 0 bridgehead atoms. The Bertz CT molecular complexity index is 367. The average Bonchev–Trinajstić information content (AvgIpc) is 2.92. The van der Waals surface area contributed by atoms with Crippen molar-refractivity contribution in [2.45, 2.75) is 76.1 Å². The maximum absolute atomic E-state index is 10.3. The van der Waals surface area contributed by atoms with Gasteiger partial charge < -0.3 is 14.9 Å². The highest BCUT2D eigenvalue weighted by atomic mass is 16.6. The second-order valence-corrected chi connectivity index (χ2v) is 7.53. The van der Waals surface area contributed by atoms with Gasteiger partial charge in [-0.25, -0.2) is 0 Å². The van der Waals surface area contributed by atoms with Gasteiger partial charge in [0, 0.05) is 0 Å². The molecule has 0 amide bonds. The lowest BCUT2D eigenvalue weighted by Gasteiger charge is -2.49. The fourth-order valence-electron chi connectivity index (χ4n) is 4.82. The van der Waals surface area contributed by atoms with E-state index in [1.54, 1.807) is 6.92 Å². The van der Waals surface area contributed by atoms with Crippen molar-refractivity contribution in [3.8, 4) is 0 Å². The molecule has 3 rings (SSSR count). The predicted molar refractivity (Wildman–Crippen MR) is 69.2 cm³/mol. The van der Waals surface area contributed by atoms with Gasteiger partial charge in [0.15, 0.2) is 0 Å². The van der Waals surface area contributed by atoms with Gasteiger partial charge in [-0.1, -0.05) is 6.92 Å². The van der Waals surface area contributed by atoms with Crippen LogP contribution < -0.4 is 0 Å². The zero-order chi connectivity index (χ0) is 13.2. The Balaban J connectivity index is 1.87. The van der Waals surface area contributed by atoms with Crippen LogP contribution >= 0.6 is 0 Å². The van der Waals surface area contributed by atoms with Gasteiger partial charge in [-0.2, -0.15) is 0 Å². The van der Waals surface area contributed by atoms with Crippen LogP contribution in [0.4, 0.5) is 0 Å². The highest BCUT2D eigenvalue weighted by molar-refractivity contribution is 5.25. The van der Waals surface area contributed by atoms with E-state index in [2.05, 4.69) is 13.8 Å². The van der Waals surface area contributed by atoms with E-state index in [9.17, 15) is 10.2 Å². The van der Waals surface area contributed by atoms with Crippen LogP contribution in [0.1, 0.15) is 59.3 Å². The third-order valence-corrected chi connectivity index (χ3v) is 6.35. The molecule has 0 unspecified atom stereocenters. The summed E-state index contributed by atoms with van der Waals surface area (Å²) in [5.74, 6) is 0.162. The number of hydrogen-bond donors (Lipinski definition) is 2. The van der Waals surface area contributed by atoms with Crippen molar-refractivity contribution >= 4 is 0 Å². The molecule has 104 valence electrons. The standard InChI is InChI=1S/C15H26O3/c1-12-6-4-7-14(3)15(12,18-14)9-11(5-8-12)13(2,17)10-16/h11,16-17H,4-10H2,1-3H3/t11-,12-,13-,14+,15-/m1/s1. The van der Waals surface area contributed by atoms with Crippen LogP contribution in [0.25, 0.3) is 0 Å². The second kappa shape index (κ2) is 3.50. The molecule has 2 aliphatic carbocycles. The Kier molecular flexibility index (Phi) is 2.51. The maximum atomic E-state index is 10.3. The molecule has 2 N–H and O–H groups in total. The maximum Gasteiger partial charge on any atom is 0.103 e. The zero-order valence-electron chi connectivity index (χ0n) is 11.8. The van der Waals surface area contributed by atoms with Gasteiger partial charge in [0.25, 0.3) is 0 Å².